The van der Waals surface area contributed by atoms with Crippen LogP contribution in [0.25, 0.3) is 5.69 Å². The van der Waals surface area contributed by atoms with Gasteiger partial charge in [0.2, 0.25) is 5.91 Å². The minimum atomic E-state index is -0.713. The van der Waals surface area contributed by atoms with Gasteiger partial charge in [0.05, 0.1) is 5.69 Å². The Bertz CT molecular complexity index is 677. The van der Waals surface area contributed by atoms with Crippen LogP contribution in [0.15, 0.2) is 36.4 Å². The molecule has 0 spiro atoms. The summed E-state index contributed by atoms with van der Waals surface area (Å²) in [5.41, 5.74) is 7.27. The largest absolute Gasteiger partial charge is 0.368 e. The molecule has 0 bridgehead atoms. The molecule has 0 fully saturated rings. The maximum Gasteiger partial charge on any atom is 0.272 e. The number of carbonyl (C=O) groups excluding carboxylic acids is 2. The number of nitrogens with two attached hydrogens (primary N) is 1. The Morgan fingerprint density at radius 2 is 1.86 bits per heavy atom. The average molecular weight is 300 g/mol. The maximum absolute atomic E-state index is 12.3. The second kappa shape index (κ2) is 6.43. The van der Waals surface area contributed by atoms with Crippen LogP contribution in [-0.2, 0) is 4.79 Å². The molecule has 22 heavy (non-hydrogen) atoms. The van der Waals surface area contributed by atoms with Gasteiger partial charge in [0.25, 0.3) is 5.91 Å². The first-order chi connectivity index (χ1) is 10.4. The van der Waals surface area contributed by atoms with Gasteiger partial charge in [-0.15, -0.1) is 0 Å². The number of nitrogens with zero attached hydrogens (tertiary/aromatic N) is 2. The van der Waals surface area contributed by atoms with Crippen LogP contribution in [0.1, 0.15) is 30.0 Å². The predicted molar refractivity (Wildman–Crippen MR) is 83.6 cm³/mol. The normalized spacial score (nSPS) is 12.2. The molecule has 3 N–H and O–H groups in total. The number of benzene rings is 1. The van der Waals surface area contributed by atoms with Gasteiger partial charge < -0.3 is 11.1 Å². The van der Waals surface area contributed by atoms with E-state index in [4.69, 9.17) is 5.73 Å². The highest BCUT2D eigenvalue weighted by atomic mass is 16.2. The number of hydrogen-bond acceptors (Lipinski definition) is 3. The van der Waals surface area contributed by atoms with E-state index in [9.17, 15) is 9.59 Å². The fraction of sp³-hybridized carbons (Fsp3) is 0.312. The molecule has 0 radical (unpaired) electrons. The lowest BCUT2D eigenvalue weighted by Gasteiger charge is -2.18. The molecule has 1 heterocycles. The fourth-order valence-corrected chi connectivity index (χ4v) is 2.20. The van der Waals surface area contributed by atoms with E-state index < -0.39 is 17.9 Å². The third-order valence-corrected chi connectivity index (χ3v) is 3.38. The van der Waals surface area contributed by atoms with Gasteiger partial charge in [-0.05, 0) is 31.0 Å². The number of aromatic nitrogens is 2. The van der Waals surface area contributed by atoms with Crippen molar-refractivity contribution in [3.05, 3.63) is 47.8 Å². The van der Waals surface area contributed by atoms with E-state index in [-0.39, 0.29) is 11.6 Å². The Labute approximate surface area is 129 Å². The summed E-state index contributed by atoms with van der Waals surface area (Å²) in [5, 5.41) is 6.94. The van der Waals surface area contributed by atoms with Crippen LogP contribution in [0.3, 0.4) is 0 Å². The number of hydrogen-bond donors (Lipinski definition) is 2. The third-order valence-electron chi connectivity index (χ3n) is 3.38. The molecule has 1 atom stereocenters. The molecule has 0 saturated heterocycles. The molecule has 1 aromatic heterocycles. The van der Waals surface area contributed by atoms with Crippen LogP contribution in [-0.4, -0.2) is 27.6 Å². The summed E-state index contributed by atoms with van der Waals surface area (Å²) < 4.78 is 1.68. The molecular formula is C16H20N4O2. The van der Waals surface area contributed by atoms with Crippen molar-refractivity contribution in [1.29, 1.82) is 0 Å². The summed E-state index contributed by atoms with van der Waals surface area (Å²) in [6.45, 7) is 5.51. The zero-order valence-electron chi connectivity index (χ0n) is 12.9. The first kappa shape index (κ1) is 15.8. The molecule has 0 saturated carbocycles. The highest BCUT2D eigenvalue weighted by Crippen LogP contribution is 2.12. The standard InChI is InChI=1S/C16H20N4O2/c1-10(2)14(15(17)21)18-16(22)13-9-11(3)20(19-13)12-7-5-4-6-8-12/h4-10,14H,1-3H3,(H2,17,21)(H,18,22). The SMILES string of the molecule is Cc1cc(C(=O)NC(C(N)=O)C(C)C)nn1-c1ccccc1. The lowest BCUT2D eigenvalue weighted by atomic mass is 10.0. The fourth-order valence-electron chi connectivity index (χ4n) is 2.20. The number of carbonyl (C=O) groups is 2. The summed E-state index contributed by atoms with van der Waals surface area (Å²) in [7, 11) is 0. The monoisotopic (exact) mass is 300 g/mol. The summed E-state index contributed by atoms with van der Waals surface area (Å²) >= 11 is 0. The van der Waals surface area contributed by atoms with Gasteiger partial charge in [0.15, 0.2) is 5.69 Å². The smallest absolute Gasteiger partial charge is 0.272 e. The summed E-state index contributed by atoms with van der Waals surface area (Å²) in [6.07, 6.45) is 0. The average Bonchev–Trinajstić information content (AvgIpc) is 2.87. The second-order valence-corrected chi connectivity index (χ2v) is 5.52. The highest BCUT2D eigenvalue weighted by Gasteiger charge is 2.23. The van der Waals surface area contributed by atoms with Gasteiger partial charge in [-0.2, -0.15) is 5.10 Å². The van der Waals surface area contributed by atoms with Crippen molar-refractivity contribution in [2.24, 2.45) is 11.7 Å². The Morgan fingerprint density at radius 3 is 2.41 bits per heavy atom. The molecule has 0 aliphatic rings. The topological polar surface area (TPSA) is 90.0 Å². The van der Waals surface area contributed by atoms with Crippen LogP contribution in [0.5, 0.6) is 0 Å². The zero-order chi connectivity index (χ0) is 16.3. The Kier molecular flexibility index (Phi) is 4.60. The lowest BCUT2D eigenvalue weighted by Crippen LogP contribution is -2.47. The van der Waals surface area contributed by atoms with Gasteiger partial charge in [-0.3, -0.25) is 9.59 Å². The Balaban J connectivity index is 2.23. The van der Waals surface area contributed by atoms with Crippen molar-refractivity contribution in [3.63, 3.8) is 0 Å². The van der Waals surface area contributed by atoms with Crippen molar-refractivity contribution in [2.45, 2.75) is 26.8 Å². The first-order valence-electron chi connectivity index (χ1n) is 7.12. The Morgan fingerprint density at radius 1 is 1.23 bits per heavy atom. The van der Waals surface area contributed by atoms with Crippen molar-refractivity contribution in [1.82, 2.24) is 15.1 Å². The minimum absolute atomic E-state index is 0.0845. The van der Waals surface area contributed by atoms with Gasteiger partial charge in [0, 0.05) is 5.69 Å². The van der Waals surface area contributed by atoms with E-state index >= 15 is 0 Å². The van der Waals surface area contributed by atoms with E-state index in [2.05, 4.69) is 10.4 Å². The van der Waals surface area contributed by atoms with Crippen molar-refractivity contribution in [3.8, 4) is 5.69 Å². The van der Waals surface area contributed by atoms with Gasteiger partial charge in [-0.1, -0.05) is 32.0 Å². The predicted octanol–water partition coefficient (Wildman–Crippen LogP) is 1.42. The molecule has 6 nitrogen and oxygen atoms in total. The quantitative estimate of drug-likeness (QED) is 0.875. The summed E-state index contributed by atoms with van der Waals surface area (Å²) in [5.74, 6) is -1.04. The van der Waals surface area contributed by atoms with E-state index in [0.29, 0.717) is 0 Å². The molecule has 1 aromatic carbocycles. The van der Waals surface area contributed by atoms with Crippen LogP contribution < -0.4 is 11.1 Å². The molecule has 2 amide bonds. The second-order valence-electron chi connectivity index (χ2n) is 5.52. The van der Waals surface area contributed by atoms with E-state index in [1.165, 1.54) is 0 Å². The molecular weight excluding hydrogens is 280 g/mol. The van der Waals surface area contributed by atoms with Crippen molar-refractivity contribution < 1.29 is 9.59 Å². The Hall–Kier alpha value is -2.63. The van der Waals surface area contributed by atoms with E-state index in [1.54, 1.807) is 10.7 Å². The van der Waals surface area contributed by atoms with Crippen LogP contribution in [0, 0.1) is 12.8 Å². The minimum Gasteiger partial charge on any atom is -0.368 e. The van der Waals surface area contributed by atoms with Gasteiger partial charge in [0.1, 0.15) is 6.04 Å². The number of aryl methyl sites for hydroxylation is 1. The zero-order valence-corrected chi connectivity index (χ0v) is 12.9. The van der Waals surface area contributed by atoms with E-state index in [1.807, 2.05) is 51.1 Å². The first-order valence-corrected chi connectivity index (χ1v) is 7.12. The van der Waals surface area contributed by atoms with Gasteiger partial charge >= 0.3 is 0 Å². The maximum atomic E-state index is 12.3. The van der Waals surface area contributed by atoms with E-state index in [0.717, 1.165) is 11.4 Å². The molecule has 0 aliphatic carbocycles. The van der Waals surface area contributed by atoms with Crippen LogP contribution >= 0.6 is 0 Å². The molecule has 1 unspecified atom stereocenters. The number of para-hydroxylation sites is 1. The number of amides is 2. The molecule has 2 aromatic rings. The van der Waals surface area contributed by atoms with Crippen molar-refractivity contribution >= 4 is 11.8 Å². The number of primary amides is 1. The molecule has 2 rings (SSSR count). The third kappa shape index (κ3) is 3.33. The number of nitrogens with one attached hydrogen (secondary N) is 1. The van der Waals surface area contributed by atoms with Crippen LogP contribution in [0.4, 0.5) is 0 Å². The summed E-state index contributed by atoms with van der Waals surface area (Å²) in [6, 6.07) is 10.5. The van der Waals surface area contributed by atoms with Gasteiger partial charge in [-0.25, -0.2) is 4.68 Å². The molecule has 116 valence electrons. The number of rotatable bonds is 5. The van der Waals surface area contributed by atoms with Crippen molar-refractivity contribution in [2.75, 3.05) is 0 Å². The summed E-state index contributed by atoms with van der Waals surface area (Å²) in [4.78, 5) is 23.6. The molecule has 0 aliphatic heterocycles. The molecule has 6 heteroatoms. The highest BCUT2D eigenvalue weighted by molar-refractivity contribution is 5.96. The lowest BCUT2D eigenvalue weighted by molar-refractivity contribution is -0.120. The van der Waals surface area contributed by atoms with Crippen LogP contribution in [0.2, 0.25) is 0 Å².